The maximum atomic E-state index is 12.6. The van der Waals surface area contributed by atoms with Crippen molar-refractivity contribution in [3.8, 4) is 5.69 Å². The summed E-state index contributed by atoms with van der Waals surface area (Å²) >= 11 is 0. The SMILES string of the molecule is CCc1nccn1-c1cc(C(F)(F)F)ncc1N. The molecular weight excluding hydrogens is 245 g/mol. The van der Waals surface area contributed by atoms with Crippen LogP contribution in [-0.4, -0.2) is 14.5 Å². The van der Waals surface area contributed by atoms with E-state index in [1.165, 1.54) is 10.8 Å². The summed E-state index contributed by atoms with van der Waals surface area (Å²) in [6.07, 6.45) is 0.208. The number of nitrogens with two attached hydrogens (primary N) is 1. The molecule has 2 heterocycles. The van der Waals surface area contributed by atoms with Crippen LogP contribution in [0, 0.1) is 0 Å². The highest BCUT2D eigenvalue weighted by molar-refractivity contribution is 5.57. The Hall–Kier alpha value is -2.05. The van der Waals surface area contributed by atoms with E-state index in [-0.39, 0.29) is 11.4 Å². The van der Waals surface area contributed by atoms with Gasteiger partial charge in [0, 0.05) is 18.8 Å². The second kappa shape index (κ2) is 4.32. The van der Waals surface area contributed by atoms with Crippen molar-refractivity contribution in [3.63, 3.8) is 0 Å². The van der Waals surface area contributed by atoms with Crippen LogP contribution in [0.5, 0.6) is 0 Å². The molecule has 0 spiro atoms. The standard InChI is InChI=1S/C11H11F3N4/c1-2-10-16-3-4-18(10)8-5-9(11(12,13)14)17-6-7(8)15/h3-6H,2,15H2,1H3. The first kappa shape index (κ1) is 12.4. The monoisotopic (exact) mass is 256 g/mol. The minimum atomic E-state index is -4.49. The lowest BCUT2D eigenvalue weighted by Gasteiger charge is -2.12. The van der Waals surface area contributed by atoms with Gasteiger partial charge in [0.15, 0.2) is 0 Å². The number of aromatic nitrogens is 3. The van der Waals surface area contributed by atoms with Crippen molar-refractivity contribution < 1.29 is 13.2 Å². The van der Waals surface area contributed by atoms with E-state index in [1.807, 2.05) is 6.92 Å². The van der Waals surface area contributed by atoms with Crippen molar-refractivity contribution >= 4 is 5.69 Å². The molecule has 2 rings (SSSR count). The number of aryl methyl sites for hydroxylation is 1. The van der Waals surface area contributed by atoms with Gasteiger partial charge in [0.05, 0.1) is 17.6 Å². The van der Waals surface area contributed by atoms with Crippen molar-refractivity contribution in [1.29, 1.82) is 0 Å². The number of rotatable bonds is 2. The summed E-state index contributed by atoms with van der Waals surface area (Å²) in [7, 11) is 0. The first-order valence-electron chi connectivity index (χ1n) is 5.28. The molecule has 0 radical (unpaired) electrons. The molecule has 2 aromatic rings. The van der Waals surface area contributed by atoms with Crippen molar-refractivity contribution in [1.82, 2.24) is 14.5 Å². The minimum absolute atomic E-state index is 0.177. The topological polar surface area (TPSA) is 56.7 Å². The Bertz CT molecular complexity index is 560. The van der Waals surface area contributed by atoms with Crippen LogP contribution >= 0.6 is 0 Å². The molecule has 7 heteroatoms. The lowest BCUT2D eigenvalue weighted by Crippen LogP contribution is -2.11. The molecule has 96 valence electrons. The largest absolute Gasteiger partial charge is 0.433 e. The van der Waals surface area contributed by atoms with E-state index in [1.54, 1.807) is 6.20 Å². The second-order valence-corrected chi connectivity index (χ2v) is 3.69. The number of hydrogen-bond donors (Lipinski definition) is 1. The second-order valence-electron chi connectivity index (χ2n) is 3.69. The van der Waals surface area contributed by atoms with Crippen molar-refractivity contribution in [3.05, 3.63) is 36.2 Å². The van der Waals surface area contributed by atoms with Gasteiger partial charge in [-0.05, 0) is 6.07 Å². The van der Waals surface area contributed by atoms with Gasteiger partial charge in [-0.15, -0.1) is 0 Å². The Balaban J connectivity index is 2.57. The van der Waals surface area contributed by atoms with Gasteiger partial charge in [-0.1, -0.05) is 6.92 Å². The van der Waals surface area contributed by atoms with Crippen LogP contribution in [0.15, 0.2) is 24.7 Å². The fourth-order valence-electron chi connectivity index (χ4n) is 1.63. The number of nitrogens with zero attached hydrogens (tertiary/aromatic N) is 3. The number of halogens is 3. The molecule has 4 nitrogen and oxygen atoms in total. The highest BCUT2D eigenvalue weighted by atomic mass is 19.4. The molecule has 0 aliphatic heterocycles. The summed E-state index contributed by atoms with van der Waals surface area (Å²) in [5.41, 5.74) is 5.12. The van der Waals surface area contributed by atoms with Gasteiger partial charge in [-0.3, -0.25) is 0 Å². The van der Waals surface area contributed by atoms with Gasteiger partial charge in [0.2, 0.25) is 0 Å². The number of anilines is 1. The normalized spacial score (nSPS) is 11.8. The van der Waals surface area contributed by atoms with Gasteiger partial charge in [-0.2, -0.15) is 13.2 Å². The lowest BCUT2D eigenvalue weighted by atomic mass is 10.2. The molecule has 0 bridgehead atoms. The van der Waals surface area contributed by atoms with E-state index in [2.05, 4.69) is 9.97 Å². The number of nitrogen functional groups attached to an aromatic ring is 1. The molecule has 0 fully saturated rings. The Morgan fingerprint density at radius 1 is 1.33 bits per heavy atom. The number of alkyl halides is 3. The Morgan fingerprint density at radius 3 is 2.67 bits per heavy atom. The van der Waals surface area contributed by atoms with Crippen LogP contribution in [-0.2, 0) is 12.6 Å². The Morgan fingerprint density at radius 2 is 2.06 bits per heavy atom. The summed E-state index contributed by atoms with van der Waals surface area (Å²) < 4.78 is 39.3. The quantitative estimate of drug-likeness (QED) is 0.897. The van der Waals surface area contributed by atoms with Crippen molar-refractivity contribution in [2.75, 3.05) is 5.73 Å². The lowest BCUT2D eigenvalue weighted by molar-refractivity contribution is -0.141. The molecule has 0 amide bonds. The molecule has 2 N–H and O–H groups in total. The van der Waals surface area contributed by atoms with Crippen LogP contribution in [0.4, 0.5) is 18.9 Å². The van der Waals surface area contributed by atoms with E-state index in [4.69, 9.17) is 5.73 Å². The number of pyridine rings is 1. The molecule has 18 heavy (non-hydrogen) atoms. The maximum Gasteiger partial charge on any atom is 0.433 e. The molecule has 0 saturated carbocycles. The van der Waals surface area contributed by atoms with Crippen molar-refractivity contribution in [2.24, 2.45) is 0 Å². The fourth-order valence-corrected chi connectivity index (χ4v) is 1.63. The molecule has 0 aliphatic carbocycles. The molecule has 0 unspecified atom stereocenters. The third kappa shape index (κ3) is 2.15. The Kier molecular flexibility index (Phi) is 2.98. The zero-order chi connectivity index (χ0) is 13.3. The molecule has 0 aromatic carbocycles. The van der Waals surface area contributed by atoms with E-state index in [0.29, 0.717) is 12.2 Å². The van der Waals surface area contributed by atoms with Gasteiger partial charge in [0.25, 0.3) is 0 Å². The molecular formula is C11H11F3N4. The zero-order valence-corrected chi connectivity index (χ0v) is 9.57. The fraction of sp³-hybridized carbons (Fsp3) is 0.273. The van der Waals surface area contributed by atoms with E-state index in [9.17, 15) is 13.2 Å². The third-order valence-electron chi connectivity index (χ3n) is 2.50. The van der Waals surface area contributed by atoms with E-state index >= 15 is 0 Å². The van der Waals surface area contributed by atoms with Crippen LogP contribution in [0.25, 0.3) is 5.69 Å². The number of hydrogen-bond acceptors (Lipinski definition) is 3. The average molecular weight is 256 g/mol. The summed E-state index contributed by atoms with van der Waals surface area (Å²) in [5, 5.41) is 0. The predicted octanol–water partition coefficient (Wildman–Crippen LogP) is 2.43. The predicted molar refractivity (Wildman–Crippen MR) is 60.2 cm³/mol. The highest BCUT2D eigenvalue weighted by Crippen LogP contribution is 2.30. The molecule has 2 aromatic heterocycles. The Labute approximate surface area is 101 Å². The van der Waals surface area contributed by atoms with Gasteiger partial charge >= 0.3 is 6.18 Å². The van der Waals surface area contributed by atoms with Gasteiger partial charge < -0.3 is 10.3 Å². The smallest absolute Gasteiger partial charge is 0.396 e. The highest BCUT2D eigenvalue weighted by Gasteiger charge is 2.33. The van der Waals surface area contributed by atoms with Crippen LogP contribution in [0.1, 0.15) is 18.4 Å². The summed E-state index contributed by atoms with van der Waals surface area (Å²) in [6.45, 7) is 1.86. The summed E-state index contributed by atoms with van der Waals surface area (Å²) in [5.74, 6) is 0.640. The third-order valence-corrected chi connectivity index (χ3v) is 2.50. The van der Waals surface area contributed by atoms with E-state index in [0.717, 1.165) is 12.3 Å². The van der Waals surface area contributed by atoms with Gasteiger partial charge in [0.1, 0.15) is 11.5 Å². The zero-order valence-electron chi connectivity index (χ0n) is 9.57. The number of imidazole rings is 1. The maximum absolute atomic E-state index is 12.6. The minimum Gasteiger partial charge on any atom is -0.396 e. The molecule has 0 aliphatic rings. The van der Waals surface area contributed by atoms with E-state index < -0.39 is 11.9 Å². The van der Waals surface area contributed by atoms with Gasteiger partial charge in [-0.25, -0.2) is 9.97 Å². The first-order valence-corrected chi connectivity index (χ1v) is 5.28. The summed E-state index contributed by atoms with van der Waals surface area (Å²) in [4.78, 5) is 7.34. The van der Waals surface area contributed by atoms with Crippen LogP contribution < -0.4 is 5.73 Å². The summed E-state index contributed by atoms with van der Waals surface area (Å²) in [6, 6.07) is 0.927. The average Bonchev–Trinajstić information content (AvgIpc) is 2.76. The first-order chi connectivity index (χ1) is 8.43. The molecule has 0 saturated heterocycles. The molecule has 0 atom stereocenters. The van der Waals surface area contributed by atoms with Crippen LogP contribution in [0.2, 0.25) is 0 Å². The van der Waals surface area contributed by atoms with Crippen molar-refractivity contribution in [2.45, 2.75) is 19.5 Å². The van der Waals surface area contributed by atoms with Crippen LogP contribution in [0.3, 0.4) is 0 Å².